The van der Waals surface area contributed by atoms with Gasteiger partial charge in [-0.25, -0.2) is 0 Å². The number of likely N-dealkylation sites (tertiary alicyclic amines) is 2. The number of amides is 2. The van der Waals surface area contributed by atoms with E-state index in [1.165, 1.54) is 25.1 Å². The second kappa shape index (κ2) is 7.13. The van der Waals surface area contributed by atoms with Crippen molar-refractivity contribution in [2.75, 3.05) is 19.6 Å². The fourth-order valence-electron chi connectivity index (χ4n) is 5.22. The molecule has 1 saturated carbocycles. The van der Waals surface area contributed by atoms with Gasteiger partial charge < -0.3 is 14.8 Å². The quantitative estimate of drug-likeness (QED) is 0.868. The molecule has 2 saturated heterocycles. The number of pyridine rings is 1. The van der Waals surface area contributed by atoms with E-state index < -0.39 is 0 Å². The number of aryl methyl sites for hydroxylation is 1. The lowest BCUT2D eigenvalue weighted by atomic mass is 9.73. The summed E-state index contributed by atoms with van der Waals surface area (Å²) in [5.41, 5.74) is 0.742. The van der Waals surface area contributed by atoms with Gasteiger partial charge >= 0.3 is 0 Å². The van der Waals surface area contributed by atoms with Crippen molar-refractivity contribution < 1.29 is 9.59 Å². The molecule has 1 aromatic rings. The first-order chi connectivity index (χ1) is 13.0. The van der Waals surface area contributed by atoms with Crippen molar-refractivity contribution in [3.63, 3.8) is 0 Å². The van der Waals surface area contributed by atoms with Crippen LogP contribution in [0.5, 0.6) is 0 Å². The molecule has 146 valence electrons. The largest absolute Gasteiger partial charge is 0.364 e. The minimum atomic E-state index is -0.220. The Hall–Kier alpha value is -2.11. The molecule has 3 aliphatic rings. The van der Waals surface area contributed by atoms with Crippen LogP contribution in [0.15, 0.2) is 17.1 Å². The van der Waals surface area contributed by atoms with Crippen molar-refractivity contribution in [2.45, 2.75) is 64.3 Å². The van der Waals surface area contributed by atoms with Gasteiger partial charge in [0.05, 0.1) is 0 Å². The predicted molar refractivity (Wildman–Crippen MR) is 103 cm³/mol. The third-order valence-electron chi connectivity index (χ3n) is 6.70. The van der Waals surface area contributed by atoms with Crippen LogP contribution in [0.2, 0.25) is 0 Å². The summed E-state index contributed by atoms with van der Waals surface area (Å²) in [6, 6.07) is 1.87. The smallest absolute Gasteiger partial charge is 0.259 e. The van der Waals surface area contributed by atoms with Gasteiger partial charge in [-0.15, -0.1) is 0 Å². The molecule has 2 aliphatic heterocycles. The standard InChI is InChI=1S/C21H29N3O3/c1-15-11-18(25)17(12-22-15)20(27)23-10-4-8-21(13-23)9-7-19(26)24(14-21)16-5-2-3-6-16/h11-12,16H,2-10,13-14H2,1H3,(H,22,25)/t21-/m1/s1. The van der Waals surface area contributed by atoms with Crippen molar-refractivity contribution in [2.24, 2.45) is 5.41 Å². The van der Waals surface area contributed by atoms with Gasteiger partial charge in [0, 0.05) is 55.5 Å². The molecule has 0 unspecified atom stereocenters. The minimum absolute atomic E-state index is 0.0120. The number of nitrogens with zero attached hydrogens (tertiary/aromatic N) is 2. The fourth-order valence-corrected chi connectivity index (χ4v) is 5.22. The average molecular weight is 371 g/mol. The summed E-state index contributed by atoms with van der Waals surface area (Å²) >= 11 is 0. The monoisotopic (exact) mass is 371 g/mol. The third-order valence-corrected chi connectivity index (χ3v) is 6.70. The highest BCUT2D eigenvalue weighted by Gasteiger charge is 2.44. The summed E-state index contributed by atoms with van der Waals surface area (Å²) in [5, 5.41) is 0. The fraction of sp³-hybridized carbons (Fsp3) is 0.667. The van der Waals surface area contributed by atoms with Gasteiger partial charge in [0.2, 0.25) is 5.91 Å². The van der Waals surface area contributed by atoms with Crippen LogP contribution < -0.4 is 5.43 Å². The molecule has 6 heteroatoms. The van der Waals surface area contributed by atoms with Gasteiger partial charge in [-0.05, 0) is 39.0 Å². The van der Waals surface area contributed by atoms with Crippen molar-refractivity contribution >= 4 is 11.8 Å². The highest BCUT2D eigenvalue weighted by molar-refractivity contribution is 5.94. The van der Waals surface area contributed by atoms with E-state index in [1.807, 2.05) is 11.8 Å². The number of nitrogens with one attached hydrogen (secondary N) is 1. The SMILES string of the molecule is Cc1cc(=O)c(C(=O)N2CCC[C@@]3(CCC(=O)N(C4CCCC4)C3)C2)c[nH]1. The zero-order valence-corrected chi connectivity index (χ0v) is 16.1. The molecular formula is C21H29N3O3. The Morgan fingerprint density at radius 3 is 2.67 bits per heavy atom. The molecular weight excluding hydrogens is 342 g/mol. The van der Waals surface area contributed by atoms with E-state index in [2.05, 4.69) is 9.88 Å². The van der Waals surface area contributed by atoms with Crippen molar-refractivity contribution in [3.05, 3.63) is 33.7 Å². The van der Waals surface area contributed by atoms with E-state index in [0.717, 1.165) is 44.3 Å². The number of carbonyl (C=O) groups excluding carboxylic acids is 2. The highest BCUT2D eigenvalue weighted by atomic mass is 16.2. The molecule has 1 atom stereocenters. The van der Waals surface area contributed by atoms with Gasteiger partial charge in [-0.2, -0.15) is 0 Å². The molecule has 1 N–H and O–H groups in total. The lowest BCUT2D eigenvalue weighted by Gasteiger charge is -2.49. The molecule has 1 spiro atoms. The van der Waals surface area contributed by atoms with Crippen LogP contribution in [0, 0.1) is 12.3 Å². The normalized spacial score (nSPS) is 26.8. The van der Waals surface area contributed by atoms with Crippen LogP contribution in [0.25, 0.3) is 0 Å². The average Bonchev–Trinajstić information content (AvgIpc) is 3.18. The second-order valence-electron chi connectivity index (χ2n) is 8.68. The van der Waals surface area contributed by atoms with E-state index >= 15 is 0 Å². The number of carbonyl (C=O) groups is 2. The Morgan fingerprint density at radius 2 is 1.93 bits per heavy atom. The van der Waals surface area contributed by atoms with E-state index in [4.69, 9.17) is 0 Å². The van der Waals surface area contributed by atoms with Crippen LogP contribution in [0.4, 0.5) is 0 Å². The molecule has 0 radical (unpaired) electrons. The Kier molecular flexibility index (Phi) is 4.82. The molecule has 4 rings (SSSR count). The number of aromatic amines is 1. The van der Waals surface area contributed by atoms with E-state index in [1.54, 1.807) is 0 Å². The van der Waals surface area contributed by atoms with Gasteiger partial charge in [-0.1, -0.05) is 12.8 Å². The number of H-pyrrole nitrogens is 1. The summed E-state index contributed by atoms with van der Waals surface area (Å²) in [5.74, 6) is 0.102. The summed E-state index contributed by atoms with van der Waals surface area (Å²) in [7, 11) is 0. The molecule has 3 heterocycles. The number of hydrogen-bond donors (Lipinski definition) is 1. The lowest BCUT2D eigenvalue weighted by Crippen LogP contribution is -2.57. The van der Waals surface area contributed by atoms with Crippen molar-refractivity contribution in [3.8, 4) is 0 Å². The number of rotatable bonds is 2. The maximum absolute atomic E-state index is 13.0. The number of hydrogen-bond acceptors (Lipinski definition) is 3. The molecule has 1 aliphatic carbocycles. The molecule has 6 nitrogen and oxygen atoms in total. The number of piperidine rings is 2. The van der Waals surface area contributed by atoms with Gasteiger partial charge in [0.25, 0.3) is 5.91 Å². The molecule has 3 fully saturated rings. The van der Waals surface area contributed by atoms with Crippen LogP contribution >= 0.6 is 0 Å². The van der Waals surface area contributed by atoms with E-state index in [0.29, 0.717) is 25.6 Å². The van der Waals surface area contributed by atoms with Crippen LogP contribution in [-0.2, 0) is 4.79 Å². The molecule has 0 aromatic carbocycles. The molecule has 1 aromatic heterocycles. The second-order valence-corrected chi connectivity index (χ2v) is 8.68. The van der Waals surface area contributed by atoms with Crippen LogP contribution in [-0.4, -0.2) is 52.3 Å². The van der Waals surface area contributed by atoms with E-state index in [9.17, 15) is 14.4 Å². The van der Waals surface area contributed by atoms with Crippen LogP contribution in [0.3, 0.4) is 0 Å². The Bertz CT molecular complexity index is 796. The summed E-state index contributed by atoms with van der Waals surface area (Å²) < 4.78 is 0. The molecule has 27 heavy (non-hydrogen) atoms. The molecule has 2 amide bonds. The van der Waals surface area contributed by atoms with Gasteiger partial charge in [0.15, 0.2) is 5.43 Å². The number of aromatic nitrogens is 1. The zero-order valence-electron chi connectivity index (χ0n) is 16.1. The zero-order chi connectivity index (χ0) is 19.0. The highest BCUT2D eigenvalue weighted by Crippen LogP contribution is 2.41. The first kappa shape index (κ1) is 18.3. The van der Waals surface area contributed by atoms with Gasteiger partial charge in [-0.3, -0.25) is 14.4 Å². The topological polar surface area (TPSA) is 73.5 Å². The van der Waals surface area contributed by atoms with Crippen molar-refractivity contribution in [1.29, 1.82) is 0 Å². The third kappa shape index (κ3) is 3.54. The maximum Gasteiger partial charge on any atom is 0.259 e. The van der Waals surface area contributed by atoms with E-state index in [-0.39, 0.29) is 28.2 Å². The minimum Gasteiger partial charge on any atom is -0.364 e. The van der Waals surface area contributed by atoms with Crippen LogP contribution in [0.1, 0.15) is 67.4 Å². The Balaban J connectivity index is 1.52. The predicted octanol–water partition coefficient (Wildman–Crippen LogP) is 2.47. The van der Waals surface area contributed by atoms with Gasteiger partial charge in [0.1, 0.15) is 5.56 Å². The summed E-state index contributed by atoms with van der Waals surface area (Å²) in [6.07, 6.45) is 9.61. The first-order valence-electron chi connectivity index (χ1n) is 10.3. The summed E-state index contributed by atoms with van der Waals surface area (Å²) in [4.78, 5) is 44.7. The Labute approximate surface area is 159 Å². The first-order valence-corrected chi connectivity index (χ1v) is 10.3. The molecule has 0 bridgehead atoms. The van der Waals surface area contributed by atoms with Crippen molar-refractivity contribution in [1.82, 2.24) is 14.8 Å². The Morgan fingerprint density at radius 1 is 1.15 bits per heavy atom. The summed E-state index contributed by atoms with van der Waals surface area (Å²) in [6.45, 7) is 3.91. The lowest BCUT2D eigenvalue weighted by molar-refractivity contribution is -0.142. The maximum atomic E-state index is 13.0.